The molecular formula is C10H9ClN2OS2. The van der Waals surface area contributed by atoms with Crippen molar-refractivity contribution in [3.63, 3.8) is 0 Å². The summed E-state index contributed by atoms with van der Waals surface area (Å²) in [6.07, 6.45) is 1.15. The first-order chi connectivity index (χ1) is 7.86. The highest BCUT2D eigenvalue weighted by molar-refractivity contribution is 7.98. The van der Waals surface area contributed by atoms with E-state index in [1.807, 2.05) is 11.8 Å². The van der Waals surface area contributed by atoms with Crippen LogP contribution in [-0.4, -0.2) is 15.9 Å². The zero-order valence-electron chi connectivity index (χ0n) is 8.40. The van der Waals surface area contributed by atoms with Crippen LogP contribution in [-0.2, 0) is 18.1 Å². The van der Waals surface area contributed by atoms with Crippen LogP contribution in [0.25, 0.3) is 10.8 Å². The molecule has 0 N–H and O–H groups in total. The lowest BCUT2D eigenvalue weighted by Gasteiger charge is -2.08. The van der Waals surface area contributed by atoms with E-state index in [-0.39, 0.29) is 0 Å². The van der Waals surface area contributed by atoms with Gasteiger partial charge >= 0.3 is 0 Å². The van der Waals surface area contributed by atoms with Crippen molar-refractivity contribution in [3.8, 4) is 10.8 Å². The van der Waals surface area contributed by atoms with Gasteiger partial charge < -0.3 is 4.52 Å². The molecule has 84 valence electrons. The standard InChI is InChI=1S/C10H9ClN2OS2/c11-4-9-12-10(14-13-9)8-3-6-5-15-2-1-7(6)16-8/h3H,1-2,4-5H2. The van der Waals surface area contributed by atoms with Gasteiger partial charge in [-0.05, 0) is 23.8 Å². The van der Waals surface area contributed by atoms with Gasteiger partial charge in [0, 0.05) is 10.6 Å². The molecule has 0 aliphatic carbocycles. The molecule has 6 heteroatoms. The Morgan fingerprint density at radius 2 is 2.44 bits per heavy atom. The van der Waals surface area contributed by atoms with E-state index in [0.29, 0.717) is 17.6 Å². The van der Waals surface area contributed by atoms with Crippen molar-refractivity contribution in [1.82, 2.24) is 10.1 Å². The van der Waals surface area contributed by atoms with E-state index in [1.54, 1.807) is 11.3 Å². The fourth-order valence-electron chi connectivity index (χ4n) is 1.66. The molecule has 3 rings (SSSR count). The van der Waals surface area contributed by atoms with Crippen molar-refractivity contribution < 1.29 is 4.52 Å². The lowest BCUT2D eigenvalue weighted by Crippen LogP contribution is -1.96. The summed E-state index contributed by atoms with van der Waals surface area (Å²) in [4.78, 5) is 6.76. The summed E-state index contributed by atoms with van der Waals surface area (Å²) in [5, 5.41) is 3.80. The second-order valence-electron chi connectivity index (χ2n) is 3.51. The van der Waals surface area contributed by atoms with Gasteiger partial charge in [-0.25, -0.2) is 0 Å². The van der Waals surface area contributed by atoms with Gasteiger partial charge in [0.05, 0.1) is 10.8 Å². The van der Waals surface area contributed by atoms with E-state index in [1.165, 1.54) is 16.2 Å². The molecule has 3 nitrogen and oxygen atoms in total. The van der Waals surface area contributed by atoms with Crippen molar-refractivity contribution in [1.29, 1.82) is 0 Å². The van der Waals surface area contributed by atoms with Gasteiger partial charge in [-0.1, -0.05) is 5.16 Å². The summed E-state index contributed by atoms with van der Waals surface area (Å²) in [7, 11) is 0. The summed E-state index contributed by atoms with van der Waals surface area (Å²) in [5.41, 5.74) is 1.42. The van der Waals surface area contributed by atoms with Gasteiger partial charge in [0.1, 0.15) is 0 Å². The van der Waals surface area contributed by atoms with Gasteiger partial charge in [-0.3, -0.25) is 0 Å². The molecule has 1 aliphatic rings. The third-order valence-electron chi connectivity index (χ3n) is 2.43. The lowest BCUT2D eigenvalue weighted by atomic mass is 10.2. The number of nitrogens with zero attached hydrogens (tertiary/aromatic N) is 2. The number of rotatable bonds is 2. The summed E-state index contributed by atoms with van der Waals surface area (Å²) < 4.78 is 5.18. The Labute approximate surface area is 106 Å². The topological polar surface area (TPSA) is 38.9 Å². The van der Waals surface area contributed by atoms with Crippen molar-refractivity contribution >= 4 is 34.7 Å². The molecule has 0 saturated carbocycles. The largest absolute Gasteiger partial charge is 0.333 e. The van der Waals surface area contributed by atoms with Crippen LogP contribution in [0.1, 0.15) is 16.3 Å². The second-order valence-corrected chi connectivity index (χ2v) is 6.02. The van der Waals surface area contributed by atoms with Crippen molar-refractivity contribution in [3.05, 3.63) is 22.3 Å². The van der Waals surface area contributed by atoms with Gasteiger partial charge in [-0.2, -0.15) is 16.7 Å². The van der Waals surface area contributed by atoms with Crippen LogP contribution in [0.4, 0.5) is 0 Å². The van der Waals surface area contributed by atoms with Crippen LogP contribution in [0.5, 0.6) is 0 Å². The average Bonchev–Trinajstić information content (AvgIpc) is 2.95. The van der Waals surface area contributed by atoms with Crippen LogP contribution >= 0.6 is 34.7 Å². The first-order valence-corrected chi connectivity index (χ1v) is 7.45. The molecule has 0 amide bonds. The molecular weight excluding hydrogens is 264 g/mol. The molecule has 0 saturated heterocycles. The summed E-state index contributed by atoms with van der Waals surface area (Å²) in [5.74, 6) is 3.76. The van der Waals surface area contributed by atoms with Crippen molar-refractivity contribution in [2.24, 2.45) is 0 Å². The number of aryl methyl sites for hydroxylation is 1. The number of thiophene rings is 1. The van der Waals surface area contributed by atoms with Crippen LogP contribution in [0.2, 0.25) is 0 Å². The Morgan fingerprint density at radius 3 is 3.19 bits per heavy atom. The molecule has 0 fully saturated rings. The maximum absolute atomic E-state index is 5.64. The summed E-state index contributed by atoms with van der Waals surface area (Å²) in [6, 6.07) is 2.16. The monoisotopic (exact) mass is 272 g/mol. The third-order valence-corrected chi connectivity index (χ3v) is 4.90. The quantitative estimate of drug-likeness (QED) is 0.786. The fraction of sp³-hybridized carbons (Fsp3) is 0.400. The van der Waals surface area contributed by atoms with Crippen molar-refractivity contribution in [2.75, 3.05) is 5.75 Å². The molecule has 1 aliphatic heterocycles. The van der Waals surface area contributed by atoms with E-state index < -0.39 is 0 Å². The minimum absolute atomic E-state index is 0.296. The highest BCUT2D eigenvalue weighted by Crippen LogP contribution is 2.36. The summed E-state index contributed by atoms with van der Waals surface area (Å²) >= 11 is 9.38. The number of thioether (sulfide) groups is 1. The Kier molecular flexibility index (Phi) is 2.91. The van der Waals surface area contributed by atoms with Crippen LogP contribution in [0, 0.1) is 0 Å². The molecule has 0 unspecified atom stereocenters. The predicted octanol–water partition coefficient (Wildman–Crippen LogP) is 3.33. The van der Waals surface area contributed by atoms with Crippen molar-refractivity contribution in [2.45, 2.75) is 18.1 Å². The molecule has 2 aromatic heterocycles. The molecule has 0 radical (unpaired) electrons. The maximum atomic E-state index is 5.64. The number of aromatic nitrogens is 2. The molecule has 2 aromatic rings. The van der Waals surface area contributed by atoms with Gasteiger partial charge in [0.15, 0.2) is 5.82 Å². The van der Waals surface area contributed by atoms with E-state index >= 15 is 0 Å². The zero-order valence-corrected chi connectivity index (χ0v) is 10.8. The summed E-state index contributed by atoms with van der Waals surface area (Å²) in [6.45, 7) is 0. The highest BCUT2D eigenvalue weighted by Gasteiger charge is 2.17. The van der Waals surface area contributed by atoms with Gasteiger partial charge in [0.2, 0.25) is 0 Å². The zero-order chi connectivity index (χ0) is 11.0. The van der Waals surface area contributed by atoms with Crippen LogP contribution in [0.3, 0.4) is 0 Å². The Bertz CT molecular complexity index is 485. The number of halogens is 1. The van der Waals surface area contributed by atoms with E-state index in [0.717, 1.165) is 17.1 Å². The first-order valence-electron chi connectivity index (χ1n) is 4.95. The average molecular weight is 273 g/mol. The molecule has 0 spiro atoms. The fourth-order valence-corrected chi connectivity index (χ4v) is 4.06. The molecule has 0 aromatic carbocycles. The lowest BCUT2D eigenvalue weighted by molar-refractivity contribution is 0.426. The molecule has 0 atom stereocenters. The Hall–Kier alpha value is -0.520. The second kappa shape index (κ2) is 4.39. The highest BCUT2D eigenvalue weighted by atomic mass is 35.5. The van der Waals surface area contributed by atoms with Crippen LogP contribution < -0.4 is 0 Å². The smallest absolute Gasteiger partial charge is 0.268 e. The van der Waals surface area contributed by atoms with E-state index in [4.69, 9.17) is 16.1 Å². The molecule has 16 heavy (non-hydrogen) atoms. The predicted molar refractivity (Wildman–Crippen MR) is 67.0 cm³/mol. The SMILES string of the molecule is ClCc1noc(-c2cc3c(s2)CCSC3)n1. The minimum atomic E-state index is 0.296. The van der Waals surface area contributed by atoms with Crippen LogP contribution in [0.15, 0.2) is 10.6 Å². The maximum Gasteiger partial charge on any atom is 0.268 e. The normalized spacial score (nSPS) is 15.1. The molecule has 0 bridgehead atoms. The Balaban J connectivity index is 1.96. The van der Waals surface area contributed by atoms with E-state index in [2.05, 4.69) is 16.2 Å². The first kappa shape index (κ1) is 10.6. The third kappa shape index (κ3) is 1.87. The number of alkyl halides is 1. The number of fused-ring (bicyclic) bond motifs is 1. The molecule has 3 heterocycles. The van der Waals surface area contributed by atoms with Gasteiger partial charge in [0.25, 0.3) is 5.89 Å². The minimum Gasteiger partial charge on any atom is -0.333 e. The Morgan fingerprint density at radius 1 is 1.50 bits per heavy atom. The number of hydrogen-bond donors (Lipinski definition) is 0. The van der Waals surface area contributed by atoms with Gasteiger partial charge in [-0.15, -0.1) is 22.9 Å². The number of hydrogen-bond acceptors (Lipinski definition) is 5. The van der Waals surface area contributed by atoms with E-state index in [9.17, 15) is 0 Å².